The zero-order valence-electron chi connectivity index (χ0n) is 8.82. The molecule has 0 saturated heterocycles. The topological polar surface area (TPSA) is 82.0 Å². The molecule has 1 unspecified atom stereocenters. The maximum absolute atomic E-state index is 11.9. The lowest BCUT2D eigenvalue weighted by Gasteiger charge is -2.10. The summed E-state index contributed by atoms with van der Waals surface area (Å²) in [5, 5.41) is 0.414. The first kappa shape index (κ1) is 11.4. The van der Waals surface area contributed by atoms with Gasteiger partial charge in [0.25, 0.3) is 0 Å². The standard InChI is InChI=1S/C11H14ClN3O/c12-7-3-8(11(14)15-5-7)10(16)4-9(13)6-1-2-6/h3,5-6,9H,1-2,4,13H2,(H2,14,15). The Balaban J connectivity index is 2.10. The minimum atomic E-state index is -0.0769. The zero-order valence-corrected chi connectivity index (χ0v) is 9.57. The molecule has 0 aromatic carbocycles. The molecule has 1 aliphatic rings. The van der Waals surface area contributed by atoms with Crippen LogP contribution in [0.3, 0.4) is 0 Å². The van der Waals surface area contributed by atoms with Crippen LogP contribution in [0.1, 0.15) is 29.6 Å². The number of carbonyl (C=O) groups excluding carboxylic acids is 1. The molecule has 5 heteroatoms. The van der Waals surface area contributed by atoms with Gasteiger partial charge in [-0.15, -0.1) is 0 Å². The number of anilines is 1. The van der Waals surface area contributed by atoms with Crippen LogP contribution in [-0.2, 0) is 0 Å². The number of hydrogen-bond acceptors (Lipinski definition) is 4. The lowest BCUT2D eigenvalue weighted by molar-refractivity contribution is 0.0972. The molecule has 1 aliphatic carbocycles. The van der Waals surface area contributed by atoms with E-state index in [0.717, 1.165) is 12.8 Å². The van der Waals surface area contributed by atoms with Crippen LogP contribution in [0.2, 0.25) is 5.02 Å². The molecule has 1 aromatic rings. The summed E-state index contributed by atoms with van der Waals surface area (Å²) in [6.45, 7) is 0. The van der Waals surface area contributed by atoms with Crippen molar-refractivity contribution in [3.63, 3.8) is 0 Å². The first-order chi connectivity index (χ1) is 7.58. The number of aromatic nitrogens is 1. The summed E-state index contributed by atoms with van der Waals surface area (Å²) >= 11 is 5.77. The van der Waals surface area contributed by atoms with Gasteiger partial charge >= 0.3 is 0 Å². The van der Waals surface area contributed by atoms with E-state index in [1.54, 1.807) is 6.07 Å². The number of Topliss-reactive ketones (excluding diaryl/α,β-unsaturated/α-hetero) is 1. The molecule has 1 atom stereocenters. The van der Waals surface area contributed by atoms with Gasteiger partial charge in [0, 0.05) is 18.7 Å². The second kappa shape index (κ2) is 4.39. The zero-order chi connectivity index (χ0) is 11.7. The number of nitrogen functional groups attached to an aromatic ring is 1. The van der Waals surface area contributed by atoms with E-state index in [2.05, 4.69) is 4.98 Å². The number of ketones is 1. The molecule has 1 saturated carbocycles. The molecule has 0 bridgehead atoms. The van der Waals surface area contributed by atoms with Crippen molar-refractivity contribution in [2.24, 2.45) is 11.7 Å². The number of nitrogens with two attached hydrogens (primary N) is 2. The van der Waals surface area contributed by atoms with Crippen molar-refractivity contribution in [3.8, 4) is 0 Å². The number of halogens is 1. The molecule has 0 amide bonds. The van der Waals surface area contributed by atoms with Gasteiger partial charge in [-0.3, -0.25) is 4.79 Å². The second-order valence-electron chi connectivity index (χ2n) is 4.21. The molecule has 0 spiro atoms. The Bertz CT molecular complexity index is 418. The average molecular weight is 240 g/mol. The van der Waals surface area contributed by atoms with E-state index in [9.17, 15) is 4.79 Å². The Morgan fingerprint density at radius 2 is 2.31 bits per heavy atom. The van der Waals surface area contributed by atoms with E-state index in [4.69, 9.17) is 23.1 Å². The monoisotopic (exact) mass is 239 g/mol. The number of nitrogens with zero attached hydrogens (tertiary/aromatic N) is 1. The van der Waals surface area contributed by atoms with Gasteiger partial charge in [0.2, 0.25) is 0 Å². The number of rotatable bonds is 4. The summed E-state index contributed by atoms with van der Waals surface area (Å²) in [6.07, 6.45) is 3.99. The molecule has 4 N–H and O–H groups in total. The van der Waals surface area contributed by atoms with Crippen LogP contribution in [0.25, 0.3) is 0 Å². The van der Waals surface area contributed by atoms with Crippen LogP contribution in [-0.4, -0.2) is 16.8 Å². The minimum absolute atomic E-state index is 0.0640. The van der Waals surface area contributed by atoms with Crippen LogP contribution in [0.5, 0.6) is 0 Å². The van der Waals surface area contributed by atoms with Crippen LogP contribution < -0.4 is 11.5 Å². The minimum Gasteiger partial charge on any atom is -0.383 e. The van der Waals surface area contributed by atoms with Gasteiger partial charge in [0.05, 0.1) is 10.6 Å². The number of carbonyl (C=O) groups is 1. The summed E-state index contributed by atoms with van der Waals surface area (Å²) in [4.78, 5) is 15.8. The Morgan fingerprint density at radius 3 is 2.94 bits per heavy atom. The molecule has 4 nitrogen and oxygen atoms in total. The largest absolute Gasteiger partial charge is 0.383 e. The molecule has 1 fully saturated rings. The first-order valence-corrected chi connectivity index (χ1v) is 5.65. The third-order valence-corrected chi connectivity index (χ3v) is 3.04. The summed E-state index contributed by atoms with van der Waals surface area (Å²) in [5.41, 5.74) is 11.9. The van der Waals surface area contributed by atoms with E-state index < -0.39 is 0 Å². The first-order valence-electron chi connectivity index (χ1n) is 5.27. The van der Waals surface area contributed by atoms with E-state index in [-0.39, 0.29) is 17.6 Å². The fourth-order valence-corrected chi connectivity index (χ4v) is 1.85. The Hall–Kier alpha value is -1.13. The second-order valence-corrected chi connectivity index (χ2v) is 4.65. The summed E-state index contributed by atoms with van der Waals surface area (Å²) in [6, 6.07) is 1.48. The van der Waals surface area contributed by atoms with Gasteiger partial charge in [-0.05, 0) is 24.8 Å². The van der Waals surface area contributed by atoms with Crippen LogP contribution in [0, 0.1) is 5.92 Å². The molecule has 1 heterocycles. The summed E-state index contributed by atoms with van der Waals surface area (Å²) in [7, 11) is 0. The molecule has 0 aliphatic heterocycles. The highest BCUT2D eigenvalue weighted by atomic mass is 35.5. The highest BCUT2D eigenvalue weighted by Gasteiger charge is 2.30. The molecular formula is C11H14ClN3O. The summed E-state index contributed by atoms with van der Waals surface area (Å²) in [5.74, 6) is 0.640. The maximum atomic E-state index is 11.9. The van der Waals surface area contributed by atoms with E-state index in [1.165, 1.54) is 6.20 Å². The molecule has 2 rings (SSSR count). The predicted molar refractivity (Wildman–Crippen MR) is 63.3 cm³/mol. The lowest BCUT2D eigenvalue weighted by atomic mass is 10.0. The van der Waals surface area contributed by atoms with Crippen molar-refractivity contribution in [3.05, 3.63) is 22.8 Å². The number of pyridine rings is 1. The van der Waals surface area contributed by atoms with Gasteiger partial charge in [0.1, 0.15) is 5.82 Å². The van der Waals surface area contributed by atoms with Crippen molar-refractivity contribution in [2.75, 3.05) is 5.73 Å². The van der Waals surface area contributed by atoms with Crippen molar-refractivity contribution in [2.45, 2.75) is 25.3 Å². The number of hydrogen-bond donors (Lipinski definition) is 2. The van der Waals surface area contributed by atoms with Gasteiger partial charge < -0.3 is 11.5 Å². The van der Waals surface area contributed by atoms with Crippen molar-refractivity contribution in [1.82, 2.24) is 4.98 Å². The molecule has 1 aromatic heterocycles. The predicted octanol–water partition coefficient (Wildman–Crippen LogP) is 1.63. The third-order valence-electron chi connectivity index (χ3n) is 2.83. The van der Waals surface area contributed by atoms with E-state index in [1.807, 2.05) is 0 Å². The van der Waals surface area contributed by atoms with E-state index >= 15 is 0 Å². The van der Waals surface area contributed by atoms with Crippen LogP contribution in [0.15, 0.2) is 12.3 Å². The Labute approximate surface area is 99.0 Å². The van der Waals surface area contributed by atoms with Gasteiger partial charge in [0.15, 0.2) is 5.78 Å². The fraction of sp³-hybridized carbons (Fsp3) is 0.455. The maximum Gasteiger partial charge on any atom is 0.168 e. The van der Waals surface area contributed by atoms with Gasteiger partial charge in [-0.2, -0.15) is 0 Å². The highest BCUT2D eigenvalue weighted by molar-refractivity contribution is 6.31. The van der Waals surface area contributed by atoms with Crippen molar-refractivity contribution >= 4 is 23.2 Å². The average Bonchev–Trinajstić information content (AvgIpc) is 3.04. The normalized spacial score (nSPS) is 17.1. The molecule has 86 valence electrons. The summed E-state index contributed by atoms with van der Waals surface area (Å²) < 4.78 is 0. The van der Waals surface area contributed by atoms with Crippen molar-refractivity contribution in [1.29, 1.82) is 0 Å². The van der Waals surface area contributed by atoms with Gasteiger partial charge in [-0.25, -0.2) is 4.98 Å². The molecular weight excluding hydrogens is 226 g/mol. The Kier molecular flexibility index (Phi) is 3.12. The van der Waals surface area contributed by atoms with Crippen LogP contribution >= 0.6 is 11.6 Å². The molecule has 16 heavy (non-hydrogen) atoms. The SMILES string of the molecule is Nc1ncc(Cl)cc1C(=O)CC(N)C1CC1. The Morgan fingerprint density at radius 1 is 1.62 bits per heavy atom. The quantitative estimate of drug-likeness (QED) is 0.783. The lowest BCUT2D eigenvalue weighted by Crippen LogP contribution is -2.26. The van der Waals surface area contributed by atoms with Gasteiger partial charge in [-0.1, -0.05) is 11.6 Å². The van der Waals surface area contributed by atoms with E-state index in [0.29, 0.717) is 22.9 Å². The molecule has 0 radical (unpaired) electrons. The highest BCUT2D eigenvalue weighted by Crippen LogP contribution is 2.33. The van der Waals surface area contributed by atoms with Crippen LogP contribution in [0.4, 0.5) is 5.82 Å². The smallest absolute Gasteiger partial charge is 0.168 e. The van der Waals surface area contributed by atoms with Crippen molar-refractivity contribution < 1.29 is 4.79 Å². The third kappa shape index (κ3) is 2.51. The fourth-order valence-electron chi connectivity index (χ4n) is 1.69.